The summed E-state index contributed by atoms with van der Waals surface area (Å²) in [7, 11) is 0. The first-order valence-electron chi connectivity index (χ1n) is 18.1. The zero-order chi connectivity index (χ0) is 39.5. The largest absolute Gasteiger partial charge is 0.469 e. The normalized spacial score (nSPS) is 16.3. The molecule has 1 saturated heterocycles. The number of esters is 1. The minimum absolute atomic E-state index is 0.0246. The van der Waals surface area contributed by atoms with Crippen molar-refractivity contribution in [1.29, 1.82) is 0 Å². The molecule has 1 aromatic heterocycles. The maximum absolute atomic E-state index is 14.0. The van der Waals surface area contributed by atoms with Gasteiger partial charge in [-0.3, -0.25) is 33.6 Å². The predicted molar refractivity (Wildman–Crippen MR) is 195 cm³/mol. The molecule has 0 radical (unpaired) electrons. The van der Waals surface area contributed by atoms with Gasteiger partial charge in [0, 0.05) is 59.5 Å². The van der Waals surface area contributed by atoms with E-state index in [2.05, 4.69) is 26.6 Å². The fourth-order valence-corrected chi connectivity index (χ4v) is 6.02. The van der Waals surface area contributed by atoms with Gasteiger partial charge in [0.25, 0.3) is 0 Å². The molecule has 17 heteroatoms. The fraction of sp³-hybridized carbons (Fsp3) is 0.541. The Morgan fingerprint density at radius 2 is 1.65 bits per heavy atom. The van der Waals surface area contributed by atoms with E-state index in [1.807, 2.05) is 0 Å². The molecule has 3 atom stereocenters. The molecule has 296 valence electrons. The molecule has 17 nitrogen and oxygen atoms in total. The van der Waals surface area contributed by atoms with Gasteiger partial charge in [-0.1, -0.05) is 24.3 Å². The number of carbonyl (C=O) groups is 7. The summed E-state index contributed by atoms with van der Waals surface area (Å²) in [4.78, 5) is 92.3. The number of amides is 6. The van der Waals surface area contributed by atoms with Gasteiger partial charge < -0.3 is 51.1 Å². The molecule has 0 saturated carbocycles. The third-order valence-electron chi connectivity index (χ3n) is 8.83. The molecule has 7 N–H and O–H groups in total. The summed E-state index contributed by atoms with van der Waals surface area (Å²) < 4.78 is 16.0. The first kappa shape index (κ1) is 43.1. The molecule has 1 aromatic carbocycles. The average molecular weight is 756 g/mol. The standard InChI is InChI=1S/C37H53N7O10/c1-4-53-36(51)37(13-8-17-44(24-37)26(3)46)35(50)43-31(22-29-11-7-18-54-29)34(49)41-23-28-10-6-5-9-27(28)21-32(47)42-30(12-15-39-25(2)45)33(48)40-16-20-52-19-14-38/h5-7,9-11,18,30-31H,4,8,12-17,19-24,38H2,1-3H3,(H,39,45)(H,40,48)(H,41,49)(H,42,47)(H,43,50)/t30-,31-,37-/m0/s1. The Labute approximate surface area is 314 Å². The molecular weight excluding hydrogens is 702 g/mol. The first-order chi connectivity index (χ1) is 25.9. The minimum atomic E-state index is -1.71. The molecule has 1 aliphatic heterocycles. The number of nitrogens with zero attached hydrogens (tertiary/aromatic N) is 1. The Hall–Kier alpha value is -5.29. The number of carbonyl (C=O) groups excluding carboxylic acids is 7. The van der Waals surface area contributed by atoms with Crippen LogP contribution in [0.25, 0.3) is 0 Å². The quantitative estimate of drug-likeness (QED) is 0.0537. The molecule has 0 aliphatic carbocycles. The van der Waals surface area contributed by atoms with Gasteiger partial charge in [0.2, 0.25) is 35.4 Å². The molecule has 2 aromatic rings. The number of benzene rings is 1. The summed E-state index contributed by atoms with van der Waals surface area (Å²) in [5.74, 6) is -3.15. The van der Waals surface area contributed by atoms with E-state index in [1.165, 1.54) is 25.0 Å². The molecule has 3 rings (SSSR count). The molecule has 54 heavy (non-hydrogen) atoms. The van der Waals surface area contributed by atoms with Crippen molar-refractivity contribution in [2.75, 3.05) is 52.5 Å². The van der Waals surface area contributed by atoms with Crippen molar-refractivity contribution >= 4 is 41.4 Å². The number of hydrogen-bond acceptors (Lipinski definition) is 11. The minimum Gasteiger partial charge on any atom is -0.469 e. The maximum atomic E-state index is 14.0. The van der Waals surface area contributed by atoms with Gasteiger partial charge in [-0.05, 0) is 49.4 Å². The summed E-state index contributed by atoms with van der Waals surface area (Å²) in [5, 5.41) is 13.7. The van der Waals surface area contributed by atoms with Crippen LogP contribution in [0, 0.1) is 5.41 Å². The van der Waals surface area contributed by atoms with E-state index in [0.717, 1.165) is 0 Å². The molecule has 2 heterocycles. The highest BCUT2D eigenvalue weighted by Gasteiger charge is 2.51. The lowest BCUT2D eigenvalue weighted by Crippen LogP contribution is -2.60. The Kier molecular flexibility index (Phi) is 17.6. The van der Waals surface area contributed by atoms with Gasteiger partial charge in [0.15, 0.2) is 5.41 Å². The number of likely N-dealkylation sites (tertiary alicyclic amines) is 1. The zero-order valence-electron chi connectivity index (χ0n) is 31.2. The Bertz CT molecular complexity index is 1580. The van der Waals surface area contributed by atoms with Crippen LogP contribution in [-0.4, -0.2) is 111 Å². The lowest BCUT2D eigenvalue weighted by atomic mass is 9.78. The van der Waals surface area contributed by atoms with Crippen molar-refractivity contribution in [3.63, 3.8) is 0 Å². The van der Waals surface area contributed by atoms with Crippen LogP contribution in [-0.2, 0) is 62.4 Å². The second kappa shape index (κ2) is 22.0. The number of ether oxygens (including phenoxy) is 2. The number of nitrogens with one attached hydrogen (secondary N) is 5. The van der Waals surface area contributed by atoms with Crippen LogP contribution in [0.1, 0.15) is 56.9 Å². The monoisotopic (exact) mass is 755 g/mol. The average Bonchev–Trinajstić information content (AvgIpc) is 3.66. The van der Waals surface area contributed by atoms with Crippen LogP contribution in [0.4, 0.5) is 0 Å². The van der Waals surface area contributed by atoms with Crippen LogP contribution in [0.15, 0.2) is 47.1 Å². The van der Waals surface area contributed by atoms with E-state index in [-0.39, 0.29) is 76.9 Å². The first-order valence-corrected chi connectivity index (χ1v) is 18.1. The summed E-state index contributed by atoms with van der Waals surface area (Å²) >= 11 is 0. The molecule has 0 unspecified atom stereocenters. The van der Waals surface area contributed by atoms with E-state index < -0.39 is 47.1 Å². The van der Waals surface area contributed by atoms with E-state index >= 15 is 0 Å². The Morgan fingerprint density at radius 3 is 2.31 bits per heavy atom. The zero-order valence-corrected chi connectivity index (χ0v) is 31.2. The summed E-state index contributed by atoms with van der Waals surface area (Å²) in [6.45, 7) is 5.82. The van der Waals surface area contributed by atoms with Crippen LogP contribution in [0.2, 0.25) is 0 Å². The smallest absolute Gasteiger partial charge is 0.323 e. The lowest BCUT2D eigenvalue weighted by molar-refractivity contribution is -0.166. The van der Waals surface area contributed by atoms with Crippen LogP contribution >= 0.6 is 0 Å². The molecule has 0 spiro atoms. The number of piperidine rings is 1. The maximum Gasteiger partial charge on any atom is 0.323 e. The Balaban J connectivity index is 1.73. The van der Waals surface area contributed by atoms with Crippen molar-refractivity contribution < 1.29 is 47.5 Å². The molecule has 6 amide bonds. The third kappa shape index (κ3) is 13.3. The number of furan rings is 1. The summed E-state index contributed by atoms with van der Waals surface area (Å²) in [6, 6.07) is 8.11. The molecular formula is C37H53N7O10. The van der Waals surface area contributed by atoms with Gasteiger partial charge in [-0.25, -0.2) is 0 Å². The van der Waals surface area contributed by atoms with Gasteiger partial charge >= 0.3 is 5.97 Å². The highest BCUT2D eigenvalue weighted by atomic mass is 16.5. The van der Waals surface area contributed by atoms with Gasteiger partial charge in [-0.2, -0.15) is 0 Å². The number of rotatable bonds is 21. The van der Waals surface area contributed by atoms with Crippen molar-refractivity contribution in [2.24, 2.45) is 11.1 Å². The second-order valence-corrected chi connectivity index (χ2v) is 12.9. The SMILES string of the molecule is CCOC(=O)[C@@]1(C(=O)N[C@@H](Cc2ccco2)C(=O)NCc2ccccc2CC(=O)N[C@@H](CCNC(C)=O)C(=O)NCCOCCN)CCCN(C(C)=O)C1. The Morgan fingerprint density at radius 1 is 0.907 bits per heavy atom. The molecule has 1 fully saturated rings. The van der Waals surface area contributed by atoms with Crippen LogP contribution in [0.3, 0.4) is 0 Å². The van der Waals surface area contributed by atoms with Crippen molar-refractivity contribution in [3.8, 4) is 0 Å². The van der Waals surface area contributed by atoms with Crippen molar-refractivity contribution in [3.05, 3.63) is 59.5 Å². The predicted octanol–water partition coefficient (Wildman–Crippen LogP) is -0.540. The van der Waals surface area contributed by atoms with Crippen LogP contribution < -0.4 is 32.3 Å². The topological polar surface area (TPSA) is 240 Å². The molecule has 1 aliphatic rings. The summed E-state index contributed by atoms with van der Waals surface area (Å²) in [6.07, 6.45) is 1.93. The van der Waals surface area contributed by atoms with E-state index in [4.69, 9.17) is 19.6 Å². The second-order valence-electron chi connectivity index (χ2n) is 12.9. The van der Waals surface area contributed by atoms with Gasteiger partial charge in [0.05, 0.1) is 32.5 Å². The van der Waals surface area contributed by atoms with E-state index in [0.29, 0.717) is 43.0 Å². The lowest BCUT2D eigenvalue weighted by Gasteiger charge is -2.39. The van der Waals surface area contributed by atoms with Gasteiger partial charge in [0.1, 0.15) is 17.8 Å². The highest BCUT2D eigenvalue weighted by molar-refractivity contribution is 6.05. The summed E-state index contributed by atoms with van der Waals surface area (Å²) in [5.41, 5.74) is 4.88. The fourth-order valence-electron chi connectivity index (χ4n) is 6.02. The van der Waals surface area contributed by atoms with E-state index in [1.54, 1.807) is 43.3 Å². The van der Waals surface area contributed by atoms with Gasteiger partial charge in [-0.15, -0.1) is 0 Å². The van der Waals surface area contributed by atoms with Crippen molar-refractivity contribution in [1.82, 2.24) is 31.5 Å². The van der Waals surface area contributed by atoms with Crippen molar-refractivity contribution in [2.45, 2.75) is 71.5 Å². The number of hydrogen-bond donors (Lipinski definition) is 6. The highest BCUT2D eigenvalue weighted by Crippen LogP contribution is 2.32. The molecule has 0 bridgehead atoms. The number of nitrogens with two attached hydrogens (primary N) is 1. The van der Waals surface area contributed by atoms with Crippen LogP contribution in [0.5, 0.6) is 0 Å². The van der Waals surface area contributed by atoms with E-state index in [9.17, 15) is 33.6 Å². The third-order valence-corrected chi connectivity index (χ3v) is 8.83.